The standard InChI is InChI=1S/C29H34N2O6S/c1-22-9-12-25(13-10-22)38(33,34)31(24-11-14-26(35-2)27(19-24)36-3)20-28(32)30-21-29(15-17-37-18-16-29)23-7-5-4-6-8-23/h4-14,19H,15-18,20-21H2,1-3H3,(H,30,32). The molecule has 1 N–H and O–H groups in total. The SMILES string of the molecule is COc1ccc(N(CC(=O)NCC2(c3ccccc3)CCOCC2)S(=O)(=O)c2ccc(C)cc2)cc1OC. The van der Waals surface area contributed by atoms with Gasteiger partial charge in [0.2, 0.25) is 5.91 Å². The molecule has 1 heterocycles. The van der Waals surface area contributed by atoms with Gasteiger partial charge in [0.25, 0.3) is 10.0 Å². The minimum Gasteiger partial charge on any atom is -0.493 e. The molecule has 4 rings (SSSR count). The first-order valence-electron chi connectivity index (χ1n) is 12.5. The van der Waals surface area contributed by atoms with Crippen LogP contribution in [-0.2, 0) is 25.0 Å². The van der Waals surface area contributed by atoms with Crippen LogP contribution in [0.15, 0.2) is 77.7 Å². The Morgan fingerprint density at radius 1 is 0.947 bits per heavy atom. The number of amides is 1. The van der Waals surface area contributed by atoms with Crippen molar-refractivity contribution in [2.45, 2.75) is 30.1 Å². The van der Waals surface area contributed by atoms with Crippen molar-refractivity contribution in [2.75, 3.05) is 44.8 Å². The molecule has 3 aromatic rings. The van der Waals surface area contributed by atoms with Gasteiger partial charge in [0.15, 0.2) is 11.5 Å². The summed E-state index contributed by atoms with van der Waals surface area (Å²) in [5.74, 6) is 0.412. The first-order valence-corrected chi connectivity index (χ1v) is 13.9. The van der Waals surface area contributed by atoms with Gasteiger partial charge in [-0.2, -0.15) is 0 Å². The van der Waals surface area contributed by atoms with Crippen LogP contribution in [0.25, 0.3) is 0 Å². The zero-order valence-electron chi connectivity index (χ0n) is 22.0. The van der Waals surface area contributed by atoms with Crippen LogP contribution in [0.1, 0.15) is 24.0 Å². The summed E-state index contributed by atoms with van der Waals surface area (Å²) in [6, 6.07) is 21.4. The van der Waals surface area contributed by atoms with Crippen molar-refractivity contribution >= 4 is 21.6 Å². The molecule has 202 valence electrons. The Hall–Kier alpha value is -3.56. The number of benzene rings is 3. The summed E-state index contributed by atoms with van der Waals surface area (Å²) in [4.78, 5) is 13.4. The molecule has 1 amide bonds. The highest BCUT2D eigenvalue weighted by molar-refractivity contribution is 7.92. The maximum atomic E-state index is 13.8. The van der Waals surface area contributed by atoms with Crippen LogP contribution in [-0.4, -0.2) is 54.8 Å². The Bertz CT molecular complexity index is 1340. The monoisotopic (exact) mass is 538 g/mol. The van der Waals surface area contributed by atoms with Crippen molar-refractivity contribution in [1.82, 2.24) is 5.32 Å². The lowest BCUT2D eigenvalue weighted by molar-refractivity contribution is -0.120. The molecule has 38 heavy (non-hydrogen) atoms. The number of carbonyl (C=O) groups is 1. The molecule has 0 radical (unpaired) electrons. The number of nitrogens with zero attached hydrogens (tertiary/aromatic N) is 1. The van der Waals surface area contributed by atoms with Gasteiger partial charge in [0, 0.05) is 31.2 Å². The number of sulfonamides is 1. The second-order valence-electron chi connectivity index (χ2n) is 9.40. The van der Waals surface area contributed by atoms with Gasteiger partial charge >= 0.3 is 0 Å². The summed E-state index contributed by atoms with van der Waals surface area (Å²) >= 11 is 0. The second-order valence-corrected chi connectivity index (χ2v) is 11.3. The first-order chi connectivity index (χ1) is 18.3. The Morgan fingerprint density at radius 3 is 2.24 bits per heavy atom. The molecule has 8 nitrogen and oxygen atoms in total. The number of carbonyl (C=O) groups excluding carboxylic acids is 1. The van der Waals surface area contributed by atoms with Crippen LogP contribution >= 0.6 is 0 Å². The van der Waals surface area contributed by atoms with E-state index in [1.807, 2.05) is 25.1 Å². The van der Waals surface area contributed by atoms with Crippen molar-refractivity contribution in [3.63, 3.8) is 0 Å². The van der Waals surface area contributed by atoms with E-state index in [4.69, 9.17) is 14.2 Å². The van der Waals surface area contributed by atoms with E-state index >= 15 is 0 Å². The summed E-state index contributed by atoms with van der Waals surface area (Å²) in [6.45, 7) is 3.07. The summed E-state index contributed by atoms with van der Waals surface area (Å²) in [7, 11) is -1.08. The highest BCUT2D eigenvalue weighted by Gasteiger charge is 2.35. The highest BCUT2D eigenvalue weighted by atomic mass is 32.2. The molecule has 1 fully saturated rings. The number of nitrogens with one attached hydrogen (secondary N) is 1. The maximum Gasteiger partial charge on any atom is 0.264 e. The van der Waals surface area contributed by atoms with Crippen molar-refractivity contribution in [1.29, 1.82) is 0 Å². The van der Waals surface area contributed by atoms with Gasteiger partial charge in [0.05, 0.1) is 24.8 Å². The van der Waals surface area contributed by atoms with Gasteiger partial charge < -0.3 is 19.5 Å². The van der Waals surface area contributed by atoms with Crippen LogP contribution in [0.5, 0.6) is 11.5 Å². The number of hydrogen-bond donors (Lipinski definition) is 1. The number of anilines is 1. The molecule has 0 aromatic heterocycles. The molecule has 0 unspecified atom stereocenters. The van der Waals surface area contributed by atoms with Crippen LogP contribution in [0.4, 0.5) is 5.69 Å². The van der Waals surface area contributed by atoms with Crippen molar-refractivity contribution in [3.05, 3.63) is 83.9 Å². The third kappa shape index (κ3) is 5.95. The average molecular weight is 539 g/mol. The van der Waals surface area contributed by atoms with Gasteiger partial charge in [-0.25, -0.2) is 8.42 Å². The van der Waals surface area contributed by atoms with E-state index in [9.17, 15) is 13.2 Å². The van der Waals surface area contributed by atoms with Gasteiger partial charge in [-0.1, -0.05) is 48.0 Å². The fourth-order valence-electron chi connectivity index (χ4n) is 4.71. The number of rotatable bonds is 10. The molecule has 1 saturated heterocycles. The number of aryl methyl sites for hydroxylation is 1. The Morgan fingerprint density at radius 2 is 1.61 bits per heavy atom. The fourth-order valence-corrected chi connectivity index (χ4v) is 6.12. The van der Waals surface area contributed by atoms with Crippen LogP contribution < -0.4 is 19.1 Å². The predicted molar refractivity (Wildman–Crippen MR) is 146 cm³/mol. The summed E-state index contributed by atoms with van der Waals surface area (Å²) in [6.07, 6.45) is 1.52. The molecule has 3 aromatic carbocycles. The number of methoxy groups -OCH3 is 2. The fraction of sp³-hybridized carbons (Fsp3) is 0.345. The zero-order valence-corrected chi connectivity index (χ0v) is 22.8. The molecular weight excluding hydrogens is 504 g/mol. The summed E-state index contributed by atoms with van der Waals surface area (Å²) < 4.78 is 45.0. The second kappa shape index (κ2) is 11.9. The van der Waals surface area contributed by atoms with Gasteiger partial charge in [-0.3, -0.25) is 9.10 Å². The van der Waals surface area contributed by atoms with Gasteiger partial charge in [0.1, 0.15) is 6.54 Å². The lowest BCUT2D eigenvalue weighted by atomic mass is 9.74. The van der Waals surface area contributed by atoms with Crippen LogP contribution in [0, 0.1) is 6.92 Å². The average Bonchev–Trinajstić information content (AvgIpc) is 2.95. The smallest absolute Gasteiger partial charge is 0.264 e. The zero-order chi connectivity index (χ0) is 27.2. The Labute approximate surface area is 224 Å². The normalized spacial score (nSPS) is 14.9. The lowest BCUT2D eigenvalue weighted by Crippen LogP contribution is -2.48. The van der Waals surface area contributed by atoms with Crippen molar-refractivity contribution < 1.29 is 27.4 Å². The third-order valence-corrected chi connectivity index (χ3v) is 8.80. The third-order valence-electron chi connectivity index (χ3n) is 7.01. The van der Waals surface area contributed by atoms with E-state index < -0.39 is 22.5 Å². The summed E-state index contributed by atoms with van der Waals surface area (Å²) in [5, 5.41) is 3.02. The van der Waals surface area contributed by atoms with E-state index in [-0.39, 0.29) is 10.3 Å². The predicted octanol–water partition coefficient (Wildman–Crippen LogP) is 4.07. The minimum atomic E-state index is -4.06. The molecular formula is C29H34N2O6S. The molecule has 0 aliphatic carbocycles. The minimum absolute atomic E-state index is 0.0934. The van der Waals surface area contributed by atoms with E-state index in [0.29, 0.717) is 36.9 Å². The Balaban J connectivity index is 1.63. The molecule has 1 aliphatic rings. The highest BCUT2D eigenvalue weighted by Crippen LogP contribution is 2.35. The van der Waals surface area contributed by atoms with E-state index in [1.54, 1.807) is 42.5 Å². The first kappa shape index (κ1) is 27.5. The van der Waals surface area contributed by atoms with Crippen LogP contribution in [0.2, 0.25) is 0 Å². The molecule has 0 bridgehead atoms. The van der Waals surface area contributed by atoms with E-state index in [0.717, 1.165) is 28.3 Å². The number of ether oxygens (including phenoxy) is 3. The molecule has 0 atom stereocenters. The van der Waals surface area contributed by atoms with Crippen LogP contribution in [0.3, 0.4) is 0 Å². The topological polar surface area (TPSA) is 94.2 Å². The molecule has 0 spiro atoms. The quantitative estimate of drug-likeness (QED) is 0.418. The molecule has 1 aliphatic heterocycles. The van der Waals surface area contributed by atoms with Crippen molar-refractivity contribution in [3.8, 4) is 11.5 Å². The van der Waals surface area contributed by atoms with E-state index in [1.165, 1.54) is 14.2 Å². The van der Waals surface area contributed by atoms with Crippen molar-refractivity contribution in [2.24, 2.45) is 0 Å². The maximum absolute atomic E-state index is 13.8. The largest absolute Gasteiger partial charge is 0.493 e. The van der Waals surface area contributed by atoms with Gasteiger partial charge in [-0.15, -0.1) is 0 Å². The Kier molecular flexibility index (Phi) is 8.58. The van der Waals surface area contributed by atoms with E-state index in [2.05, 4.69) is 17.4 Å². The number of hydrogen-bond acceptors (Lipinski definition) is 6. The lowest BCUT2D eigenvalue weighted by Gasteiger charge is -2.38. The summed E-state index contributed by atoms with van der Waals surface area (Å²) in [5.41, 5.74) is 2.08. The van der Waals surface area contributed by atoms with Gasteiger partial charge in [-0.05, 0) is 49.6 Å². The molecule has 0 saturated carbocycles. The molecule has 9 heteroatoms.